The second-order valence-electron chi connectivity index (χ2n) is 8.19. The minimum Gasteiger partial charge on any atom is -0.480 e. The highest BCUT2D eigenvalue weighted by atomic mass is 16.5. The molecule has 0 bridgehead atoms. The predicted octanol–water partition coefficient (Wildman–Crippen LogP) is 3.72. The number of nitrogens with zero attached hydrogens (tertiary/aromatic N) is 3. The fourth-order valence-corrected chi connectivity index (χ4v) is 4.41. The number of carbonyl (C=O) groups excluding carboxylic acids is 2. The van der Waals surface area contributed by atoms with Crippen molar-refractivity contribution < 1.29 is 24.2 Å². The lowest BCUT2D eigenvalue weighted by molar-refractivity contribution is -0.142. The van der Waals surface area contributed by atoms with Gasteiger partial charge in [-0.25, -0.2) is 9.59 Å². The van der Waals surface area contributed by atoms with E-state index in [1.807, 2.05) is 36.4 Å². The first-order valence-electron chi connectivity index (χ1n) is 11.0. The van der Waals surface area contributed by atoms with Crippen molar-refractivity contribution in [1.29, 1.82) is 0 Å². The second kappa shape index (κ2) is 9.38. The molecule has 0 spiro atoms. The normalized spacial score (nSPS) is 13.0. The molecule has 0 radical (unpaired) electrons. The summed E-state index contributed by atoms with van der Waals surface area (Å²) >= 11 is 0. The molecule has 1 aliphatic rings. The summed E-state index contributed by atoms with van der Waals surface area (Å²) in [4.78, 5) is 38.2. The molecule has 1 aromatic heterocycles. The minimum atomic E-state index is -1.10. The Morgan fingerprint density at radius 2 is 1.71 bits per heavy atom. The number of likely N-dealkylation sites (N-methyl/N-ethyl adjacent to an activating group) is 1. The number of carbonyl (C=O) groups is 3. The molecule has 1 heterocycles. The first-order chi connectivity index (χ1) is 16.3. The van der Waals surface area contributed by atoms with Crippen LogP contribution in [0.5, 0.6) is 0 Å². The number of rotatable bonds is 7. The Labute approximate surface area is 196 Å². The first kappa shape index (κ1) is 23.0. The van der Waals surface area contributed by atoms with Crippen molar-refractivity contribution in [2.75, 3.05) is 19.0 Å². The van der Waals surface area contributed by atoms with Gasteiger partial charge in [-0.1, -0.05) is 55.5 Å². The van der Waals surface area contributed by atoms with Crippen LogP contribution in [-0.2, 0) is 16.6 Å². The van der Waals surface area contributed by atoms with E-state index in [2.05, 4.69) is 22.5 Å². The molecule has 1 aliphatic carbocycles. The number of anilines is 1. The summed E-state index contributed by atoms with van der Waals surface area (Å²) < 4.78 is 6.91. The molecular weight excluding hydrogens is 436 g/mol. The van der Waals surface area contributed by atoms with E-state index in [9.17, 15) is 19.5 Å². The number of amides is 2. The van der Waals surface area contributed by atoms with Crippen molar-refractivity contribution in [2.45, 2.75) is 25.3 Å². The largest absolute Gasteiger partial charge is 0.480 e. The van der Waals surface area contributed by atoms with Gasteiger partial charge < -0.3 is 14.7 Å². The van der Waals surface area contributed by atoms with Crippen LogP contribution in [0.25, 0.3) is 11.1 Å². The highest BCUT2D eigenvalue weighted by molar-refractivity contribution is 6.02. The number of aromatic nitrogens is 2. The molecule has 0 aliphatic heterocycles. The SMILES string of the molecule is CCC(C(=O)O)N(C)C(=O)c1cn(C)nc1NC(=O)OCC1c2ccccc2-c2ccccc21. The Kier molecular flexibility index (Phi) is 6.36. The lowest BCUT2D eigenvalue weighted by atomic mass is 9.98. The van der Waals surface area contributed by atoms with Crippen molar-refractivity contribution in [3.8, 4) is 11.1 Å². The predicted molar refractivity (Wildman–Crippen MR) is 126 cm³/mol. The number of aryl methyl sites for hydroxylation is 1. The number of carboxylic acids is 1. The van der Waals surface area contributed by atoms with Gasteiger partial charge in [-0.3, -0.25) is 14.8 Å². The molecule has 0 saturated heterocycles. The number of benzene rings is 2. The molecule has 9 nitrogen and oxygen atoms in total. The van der Waals surface area contributed by atoms with Crippen molar-refractivity contribution in [2.24, 2.45) is 7.05 Å². The Bertz CT molecular complexity index is 1210. The monoisotopic (exact) mass is 462 g/mol. The van der Waals surface area contributed by atoms with E-state index < -0.39 is 24.0 Å². The van der Waals surface area contributed by atoms with Crippen molar-refractivity contribution >= 4 is 23.8 Å². The van der Waals surface area contributed by atoms with Crippen molar-refractivity contribution in [3.05, 3.63) is 71.4 Å². The summed E-state index contributed by atoms with van der Waals surface area (Å²) in [5.41, 5.74) is 4.50. The van der Waals surface area contributed by atoms with E-state index in [0.29, 0.717) is 0 Å². The number of carboxylic acid groups (broad SMARTS) is 1. The third-order valence-corrected chi connectivity index (χ3v) is 6.08. The lowest BCUT2D eigenvalue weighted by Crippen LogP contribution is -2.42. The molecule has 2 N–H and O–H groups in total. The van der Waals surface area contributed by atoms with Crippen molar-refractivity contribution in [1.82, 2.24) is 14.7 Å². The topological polar surface area (TPSA) is 114 Å². The van der Waals surface area contributed by atoms with Crippen LogP contribution in [0.4, 0.5) is 10.6 Å². The van der Waals surface area contributed by atoms with Crippen LogP contribution in [0.2, 0.25) is 0 Å². The summed E-state index contributed by atoms with van der Waals surface area (Å²) in [5.74, 6) is -1.75. The molecule has 34 heavy (non-hydrogen) atoms. The van der Waals surface area contributed by atoms with Gasteiger partial charge in [0, 0.05) is 26.2 Å². The molecule has 1 atom stereocenters. The van der Waals surface area contributed by atoms with E-state index in [-0.39, 0.29) is 30.3 Å². The zero-order chi connectivity index (χ0) is 24.4. The molecule has 176 valence electrons. The summed E-state index contributed by atoms with van der Waals surface area (Å²) in [6.07, 6.45) is 0.932. The lowest BCUT2D eigenvalue weighted by Gasteiger charge is -2.23. The van der Waals surface area contributed by atoms with Crippen LogP contribution in [0.3, 0.4) is 0 Å². The van der Waals surface area contributed by atoms with Crippen LogP contribution >= 0.6 is 0 Å². The molecule has 0 saturated carbocycles. The smallest absolute Gasteiger partial charge is 0.412 e. The fourth-order valence-electron chi connectivity index (χ4n) is 4.41. The van der Waals surface area contributed by atoms with Gasteiger partial charge in [0.25, 0.3) is 5.91 Å². The number of hydrogen-bond donors (Lipinski definition) is 2. The van der Waals surface area contributed by atoms with E-state index in [0.717, 1.165) is 27.2 Å². The van der Waals surface area contributed by atoms with Crippen LogP contribution in [-0.4, -0.2) is 57.5 Å². The fraction of sp³-hybridized carbons (Fsp3) is 0.280. The number of fused-ring (bicyclic) bond motifs is 3. The molecule has 4 rings (SSSR count). The molecule has 1 unspecified atom stereocenters. The van der Waals surface area contributed by atoms with Crippen molar-refractivity contribution in [3.63, 3.8) is 0 Å². The first-order valence-corrected chi connectivity index (χ1v) is 11.0. The summed E-state index contributed by atoms with van der Waals surface area (Å²) in [6, 6.07) is 15.1. The second-order valence-corrected chi connectivity index (χ2v) is 8.19. The maximum Gasteiger partial charge on any atom is 0.412 e. The summed E-state index contributed by atoms with van der Waals surface area (Å²) in [7, 11) is 3.02. The average Bonchev–Trinajstić information content (AvgIpc) is 3.34. The molecule has 0 fully saturated rings. The van der Waals surface area contributed by atoms with Gasteiger partial charge in [-0.05, 0) is 28.7 Å². The Hall–Kier alpha value is -4.14. The van der Waals surface area contributed by atoms with Crippen LogP contribution in [0, 0.1) is 0 Å². The molecule has 3 aromatic rings. The molecular formula is C25H26N4O5. The summed E-state index contributed by atoms with van der Waals surface area (Å²) in [6.45, 7) is 1.80. The molecule has 2 aromatic carbocycles. The third-order valence-electron chi connectivity index (χ3n) is 6.08. The zero-order valence-electron chi connectivity index (χ0n) is 19.2. The van der Waals surface area contributed by atoms with Gasteiger partial charge >= 0.3 is 12.1 Å². The number of aliphatic carboxylic acids is 1. The highest BCUT2D eigenvalue weighted by Crippen LogP contribution is 2.44. The Balaban J connectivity index is 1.48. The number of nitrogens with one attached hydrogen (secondary N) is 1. The Morgan fingerprint density at radius 1 is 1.12 bits per heavy atom. The maximum atomic E-state index is 12.9. The van der Waals surface area contributed by atoms with Crippen LogP contribution < -0.4 is 5.32 Å². The molecule has 2 amide bonds. The van der Waals surface area contributed by atoms with Crippen LogP contribution in [0.15, 0.2) is 54.7 Å². The van der Waals surface area contributed by atoms with E-state index >= 15 is 0 Å². The number of hydrogen-bond acceptors (Lipinski definition) is 5. The minimum absolute atomic E-state index is 0.0109. The maximum absolute atomic E-state index is 12.9. The average molecular weight is 463 g/mol. The Morgan fingerprint density at radius 3 is 2.26 bits per heavy atom. The van der Waals surface area contributed by atoms with Gasteiger partial charge in [0.2, 0.25) is 0 Å². The summed E-state index contributed by atoms with van der Waals surface area (Å²) in [5, 5.41) is 16.1. The van der Waals surface area contributed by atoms with Crippen LogP contribution in [0.1, 0.15) is 40.7 Å². The van der Waals surface area contributed by atoms with E-state index in [1.54, 1.807) is 14.0 Å². The highest BCUT2D eigenvalue weighted by Gasteiger charge is 2.31. The number of ether oxygens (including phenoxy) is 1. The third kappa shape index (κ3) is 4.24. The van der Waals surface area contributed by atoms with Gasteiger partial charge in [0.1, 0.15) is 18.2 Å². The molecule has 9 heteroatoms. The van der Waals surface area contributed by atoms with E-state index in [4.69, 9.17) is 4.74 Å². The quantitative estimate of drug-likeness (QED) is 0.553. The zero-order valence-corrected chi connectivity index (χ0v) is 19.2. The van der Waals surface area contributed by atoms with Gasteiger partial charge in [-0.15, -0.1) is 0 Å². The standard InChI is InChI=1S/C25H26N4O5/c1-4-21(24(31)32)29(3)23(30)19-13-28(2)27-22(19)26-25(33)34-14-20-17-11-7-5-9-15(17)16-10-6-8-12-18(16)20/h5-13,20-21H,4,14H2,1-3H3,(H,31,32)(H,26,27,33). The van der Waals surface area contributed by atoms with E-state index in [1.165, 1.54) is 17.9 Å². The van der Waals surface area contributed by atoms with Gasteiger partial charge in [0.15, 0.2) is 5.82 Å². The van der Waals surface area contributed by atoms with Gasteiger partial charge in [0.05, 0.1) is 0 Å². The van der Waals surface area contributed by atoms with Gasteiger partial charge in [-0.2, -0.15) is 5.10 Å².